The van der Waals surface area contributed by atoms with Gasteiger partial charge < -0.3 is 4.90 Å². The van der Waals surface area contributed by atoms with Gasteiger partial charge >= 0.3 is 6.18 Å². The normalized spacial score (nSPS) is 18.5. The smallest absolute Gasteiger partial charge is 0.312 e. The van der Waals surface area contributed by atoms with Crippen molar-refractivity contribution in [3.63, 3.8) is 0 Å². The van der Waals surface area contributed by atoms with E-state index in [9.17, 15) is 18.0 Å². The fourth-order valence-corrected chi connectivity index (χ4v) is 3.17. The maximum Gasteiger partial charge on any atom is 0.416 e. The zero-order valence-corrected chi connectivity index (χ0v) is 13.6. The minimum atomic E-state index is -4.46. The van der Waals surface area contributed by atoms with Crippen LogP contribution in [0.3, 0.4) is 0 Å². The van der Waals surface area contributed by atoms with Gasteiger partial charge in [-0.15, -0.1) is 0 Å². The molecule has 1 aliphatic heterocycles. The zero-order valence-electron chi connectivity index (χ0n) is 12.0. The Kier molecular flexibility index (Phi) is 4.19. The van der Waals surface area contributed by atoms with Gasteiger partial charge in [0.2, 0.25) is 5.91 Å². The standard InChI is InChI=1S/C17H13BrF3NO/c18-11-5-7-12(8-6-11)22-10-9-14(16(22)23)13-3-1-2-4-15(13)17(19,20)21/h1-8,14H,9-10H2. The van der Waals surface area contributed by atoms with Crippen LogP contribution in [0.5, 0.6) is 0 Å². The molecule has 1 heterocycles. The van der Waals surface area contributed by atoms with Crippen LogP contribution in [-0.2, 0) is 11.0 Å². The van der Waals surface area contributed by atoms with E-state index in [1.165, 1.54) is 12.1 Å². The van der Waals surface area contributed by atoms with E-state index < -0.39 is 17.7 Å². The lowest BCUT2D eigenvalue weighted by Gasteiger charge is -2.19. The van der Waals surface area contributed by atoms with Crippen molar-refractivity contribution in [3.05, 3.63) is 64.1 Å². The first kappa shape index (κ1) is 16.1. The molecule has 2 aromatic rings. The number of benzene rings is 2. The lowest BCUT2D eigenvalue weighted by atomic mass is 9.92. The molecular weight excluding hydrogens is 371 g/mol. The molecule has 0 spiro atoms. The summed E-state index contributed by atoms with van der Waals surface area (Å²) in [6.07, 6.45) is -4.08. The zero-order chi connectivity index (χ0) is 16.6. The molecule has 0 aliphatic carbocycles. The van der Waals surface area contributed by atoms with Crippen molar-refractivity contribution in [1.29, 1.82) is 0 Å². The summed E-state index contributed by atoms with van der Waals surface area (Å²) in [6, 6.07) is 12.5. The van der Waals surface area contributed by atoms with Crippen LogP contribution in [0.1, 0.15) is 23.5 Å². The molecule has 0 N–H and O–H groups in total. The molecule has 3 rings (SSSR count). The highest BCUT2D eigenvalue weighted by molar-refractivity contribution is 9.10. The van der Waals surface area contributed by atoms with Gasteiger partial charge in [0, 0.05) is 16.7 Å². The molecule has 0 radical (unpaired) electrons. The first-order chi connectivity index (χ1) is 10.9. The third-order valence-electron chi connectivity index (χ3n) is 3.99. The number of rotatable bonds is 2. The van der Waals surface area contributed by atoms with Crippen molar-refractivity contribution in [2.24, 2.45) is 0 Å². The van der Waals surface area contributed by atoms with Gasteiger partial charge in [-0.25, -0.2) is 0 Å². The average molecular weight is 384 g/mol. The molecule has 1 fully saturated rings. The van der Waals surface area contributed by atoms with Crippen LogP contribution in [0.15, 0.2) is 53.0 Å². The van der Waals surface area contributed by atoms with Gasteiger partial charge in [-0.1, -0.05) is 34.1 Å². The Morgan fingerprint density at radius 1 is 1.04 bits per heavy atom. The molecule has 1 saturated heterocycles. The lowest BCUT2D eigenvalue weighted by Crippen LogP contribution is -2.27. The highest BCUT2D eigenvalue weighted by atomic mass is 79.9. The van der Waals surface area contributed by atoms with Crippen LogP contribution in [0.25, 0.3) is 0 Å². The minimum absolute atomic E-state index is 0.0598. The minimum Gasteiger partial charge on any atom is -0.312 e. The van der Waals surface area contributed by atoms with E-state index in [0.29, 0.717) is 18.7 Å². The second kappa shape index (κ2) is 6.00. The molecule has 2 aromatic carbocycles. The number of amides is 1. The number of anilines is 1. The van der Waals surface area contributed by atoms with E-state index in [4.69, 9.17) is 0 Å². The van der Waals surface area contributed by atoms with Gasteiger partial charge in [-0.3, -0.25) is 4.79 Å². The van der Waals surface area contributed by atoms with Gasteiger partial charge in [-0.2, -0.15) is 13.2 Å². The molecule has 1 amide bonds. The monoisotopic (exact) mass is 383 g/mol. The highest BCUT2D eigenvalue weighted by Crippen LogP contribution is 2.39. The van der Waals surface area contributed by atoms with Gasteiger partial charge in [-0.05, 0) is 42.3 Å². The maximum absolute atomic E-state index is 13.2. The molecule has 2 nitrogen and oxygen atoms in total. The molecule has 120 valence electrons. The molecule has 1 unspecified atom stereocenters. The fourth-order valence-electron chi connectivity index (χ4n) is 2.90. The van der Waals surface area contributed by atoms with E-state index >= 15 is 0 Å². The number of halogens is 4. The number of carbonyl (C=O) groups is 1. The van der Waals surface area contributed by atoms with Crippen molar-refractivity contribution in [3.8, 4) is 0 Å². The van der Waals surface area contributed by atoms with Gasteiger partial charge in [0.05, 0.1) is 11.5 Å². The van der Waals surface area contributed by atoms with Crippen LogP contribution < -0.4 is 4.90 Å². The van der Waals surface area contributed by atoms with Gasteiger partial charge in [0.1, 0.15) is 0 Å². The molecule has 1 aliphatic rings. The number of nitrogens with zero attached hydrogens (tertiary/aromatic N) is 1. The van der Waals surface area contributed by atoms with Crippen molar-refractivity contribution in [1.82, 2.24) is 0 Å². The largest absolute Gasteiger partial charge is 0.416 e. The molecule has 1 atom stereocenters. The number of hydrogen-bond donors (Lipinski definition) is 0. The number of carbonyl (C=O) groups excluding carboxylic acids is 1. The Morgan fingerprint density at radius 3 is 2.35 bits per heavy atom. The maximum atomic E-state index is 13.2. The van der Waals surface area contributed by atoms with Crippen LogP contribution >= 0.6 is 15.9 Å². The van der Waals surface area contributed by atoms with Gasteiger partial charge in [0.25, 0.3) is 0 Å². The summed E-state index contributed by atoms with van der Waals surface area (Å²) in [5.74, 6) is -1.04. The molecule has 6 heteroatoms. The average Bonchev–Trinajstić information content (AvgIpc) is 2.89. The summed E-state index contributed by atoms with van der Waals surface area (Å²) < 4.78 is 40.4. The summed E-state index contributed by atoms with van der Waals surface area (Å²) in [4.78, 5) is 14.2. The molecular formula is C17H13BrF3NO. The van der Waals surface area contributed by atoms with E-state index in [1.54, 1.807) is 35.2 Å². The van der Waals surface area contributed by atoms with E-state index in [2.05, 4.69) is 15.9 Å². The Labute approximate surface area is 140 Å². The van der Waals surface area contributed by atoms with E-state index in [-0.39, 0.29) is 11.5 Å². The van der Waals surface area contributed by atoms with Crippen LogP contribution in [0, 0.1) is 0 Å². The molecule has 0 aromatic heterocycles. The molecule has 0 bridgehead atoms. The first-order valence-corrected chi connectivity index (χ1v) is 7.90. The van der Waals surface area contributed by atoms with Crippen molar-refractivity contribution in [2.45, 2.75) is 18.5 Å². The highest BCUT2D eigenvalue weighted by Gasteiger charge is 2.40. The fraction of sp³-hybridized carbons (Fsp3) is 0.235. The number of hydrogen-bond acceptors (Lipinski definition) is 1. The van der Waals surface area contributed by atoms with Crippen LogP contribution in [0.4, 0.5) is 18.9 Å². The Morgan fingerprint density at radius 2 is 1.70 bits per heavy atom. The van der Waals surface area contributed by atoms with Crippen molar-refractivity contribution >= 4 is 27.5 Å². The van der Waals surface area contributed by atoms with Gasteiger partial charge in [0.15, 0.2) is 0 Å². The molecule has 0 saturated carbocycles. The van der Waals surface area contributed by atoms with E-state index in [0.717, 1.165) is 10.5 Å². The topological polar surface area (TPSA) is 20.3 Å². The Hall–Kier alpha value is -1.82. The van der Waals surface area contributed by atoms with Crippen molar-refractivity contribution in [2.75, 3.05) is 11.4 Å². The third-order valence-corrected chi connectivity index (χ3v) is 4.51. The summed E-state index contributed by atoms with van der Waals surface area (Å²) in [5, 5.41) is 0. The second-order valence-corrected chi connectivity index (χ2v) is 6.31. The summed E-state index contributed by atoms with van der Waals surface area (Å²) >= 11 is 3.32. The lowest BCUT2D eigenvalue weighted by molar-refractivity contribution is -0.138. The first-order valence-electron chi connectivity index (χ1n) is 7.11. The summed E-state index contributed by atoms with van der Waals surface area (Å²) in [7, 11) is 0. The Bertz CT molecular complexity index is 727. The number of alkyl halides is 3. The predicted molar refractivity (Wildman–Crippen MR) is 85.3 cm³/mol. The summed E-state index contributed by atoms with van der Waals surface area (Å²) in [6.45, 7) is 0.414. The summed E-state index contributed by atoms with van der Waals surface area (Å²) in [5.41, 5.74) is 0.0332. The Balaban J connectivity index is 1.92. The SMILES string of the molecule is O=C1C(c2ccccc2C(F)(F)F)CCN1c1ccc(Br)cc1. The quantitative estimate of drug-likeness (QED) is 0.715. The van der Waals surface area contributed by atoms with Crippen molar-refractivity contribution < 1.29 is 18.0 Å². The second-order valence-electron chi connectivity index (χ2n) is 5.39. The predicted octanol–water partition coefficient (Wildman–Crippen LogP) is 4.99. The third kappa shape index (κ3) is 3.13. The molecule has 23 heavy (non-hydrogen) atoms. The van der Waals surface area contributed by atoms with E-state index in [1.807, 2.05) is 0 Å². The van der Waals surface area contributed by atoms with Crippen LogP contribution in [-0.4, -0.2) is 12.5 Å². The van der Waals surface area contributed by atoms with Crippen LogP contribution in [0.2, 0.25) is 0 Å².